The van der Waals surface area contributed by atoms with Crippen LogP contribution in [-0.2, 0) is 33.3 Å². The van der Waals surface area contributed by atoms with Gasteiger partial charge >= 0.3 is 12.1 Å². The number of amides is 1. The van der Waals surface area contributed by atoms with Crippen LogP contribution < -0.4 is 5.43 Å². The van der Waals surface area contributed by atoms with E-state index in [-0.39, 0.29) is 24.6 Å². The summed E-state index contributed by atoms with van der Waals surface area (Å²) in [5.41, 5.74) is 2.99. The number of likely N-dealkylation sites (N-methyl/N-ethyl adjacent to an activating group) is 1. The lowest BCUT2D eigenvalue weighted by atomic mass is 9.73. The Morgan fingerprint density at radius 1 is 1.03 bits per heavy atom. The average molecular weight is 826 g/mol. The van der Waals surface area contributed by atoms with Gasteiger partial charge < -0.3 is 43.6 Å². The van der Waals surface area contributed by atoms with Crippen LogP contribution in [0, 0.1) is 23.7 Å². The monoisotopic (exact) mass is 825 g/mol. The fourth-order valence-corrected chi connectivity index (χ4v) is 9.48. The number of carbonyl (C=O) groups excluding carboxylic acids is 2. The van der Waals surface area contributed by atoms with E-state index >= 15 is 0 Å². The summed E-state index contributed by atoms with van der Waals surface area (Å²) in [6.07, 6.45) is -1.05. The Kier molecular flexibility index (Phi) is 15.2. The quantitative estimate of drug-likeness (QED) is 0.212. The van der Waals surface area contributed by atoms with Crippen molar-refractivity contribution in [3.63, 3.8) is 0 Å². The van der Waals surface area contributed by atoms with Crippen LogP contribution in [0.15, 0.2) is 47.6 Å². The molecule has 14 atom stereocenters. The molecule has 1 aromatic carbocycles. The molecule has 0 bridgehead atoms. The number of hydrogen-bond acceptors (Lipinski definition) is 14. The largest absolute Gasteiger partial charge is 0.458 e. The van der Waals surface area contributed by atoms with Crippen molar-refractivity contribution >= 4 is 34.8 Å². The van der Waals surface area contributed by atoms with Crippen molar-refractivity contribution in [2.24, 2.45) is 28.8 Å². The molecule has 3 aliphatic heterocycles. The molecule has 2 aromatic rings. The topological polar surface area (TPSA) is 174 Å². The van der Waals surface area contributed by atoms with Crippen LogP contribution in [0.25, 0.3) is 17.0 Å². The third-order valence-corrected chi connectivity index (χ3v) is 12.8. The molecule has 1 unspecified atom stereocenters. The first-order valence-electron chi connectivity index (χ1n) is 20.9. The number of aliphatic hydroxyl groups is 2. The van der Waals surface area contributed by atoms with E-state index in [2.05, 4.69) is 10.6 Å². The van der Waals surface area contributed by atoms with E-state index in [1.54, 1.807) is 27.9 Å². The van der Waals surface area contributed by atoms with Crippen molar-refractivity contribution in [3.05, 3.63) is 48.2 Å². The normalized spacial score (nSPS) is 38.4. The Labute approximate surface area is 349 Å². The second kappa shape index (κ2) is 19.3. The molecule has 328 valence electrons. The Morgan fingerprint density at radius 3 is 2.41 bits per heavy atom. The molecule has 59 heavy (non-hydrogen) atoms. The van der Waals surface area contributed by atoms with Crippen molar-refractivity contribution in [2.75, 3.05) is 34.9 Å². The summed E-state index contributed by atoms with van der Waals surface area (Å²) in [6.45, 7) is 15.0. The van der Waals surface area contributed by atoms with Gasteiger partial charge in [-0.25, -0.2) is 20.2 Å². The van der Waals surface area contributed by atoms with Crippen molar-refractivity contribution in [1.82, 2.24) is 20.3 Å². The predicted molar refractivity (Wildman–Crippen MR) is 224 cm³/mol. The van der Waals surface area contributed by atoms with Crippen LogP contribution >= 0.6 is 0 Å². The number of rotatable bonds is 10. The molecule has 3 saturated heterocycles. The van der Waals surface area contributed by atoms with Gasteiger partial charge in [0.2, 0.25) is 0 Å². The lowest BCUT2D eigenvalue weighted by Gasteiger charge is -2.48. The number of cyclic esters (lactones) is 1. The summed E-state index contributed by atoms with van der Waals surface area (Å²) < 4.78 is 31.8. The zero-order valence-electron chi connectivity index (χ0n) is 36.8. The maximum atomic E-state index is 14.1. The molecule has 15 nitrogen and oxygen atoms in total. The molecule has 0 aliphatic carbocycles. The van der Waals surface area contributed by atoms with Gasteiger partial charge in [-0.15, -0.1) is 0 Å². The number of fused-ring (bicyclic) bond motifs is 2. The van der Waals surface area contributed by atoms with Gasteiger partial charge in [0.25, 0.3) is 0 Å². The summed E-state index contributed by atoms with van der Waals surface area (Å²) >= 11 is 0. The van der Waals surface area contributed by atoms with Gasteiger partial charge in [-0.1, -0.05) is 63.2 Å². The number of aromatic nitrogens is 1. The van der Waals surface area contributed by atoms with Crippen molar-refractivity contribution in [1.29, 1.82) is 0 Å². The number of hydrogen-bond donors (Lipinski definition) is 3. The molecule has 3 N–H and O–H groups in total. The average Bonchev–Trinajstić information content (AvgIpc) is 3.47. The van der Waals surface area contributed by atoms with Gasteiger partial charge in [0.1, 0.15) is 25.4 Å². The van der Waals surface area contributed by atoms with E-state index in [0.29, 0.717) is 25.0 Å². The highest BCUT2D eigenvalue weighted by molar-refractivity contribution is 5.90. The van der Waals surface area contributed by atoms with Crippen LogP contribution in [0.1, 0.15) is 80.3 Å². The van der Waals surface area contributed by atoms with Crippen molar-refractivity contribution < 1.29 is 48.3 Å². The van der Waals surface area contributed by atoms with Crippen LogP contribution in [0.3, 0.4) is 0 Å². The molecule has 0 saturated carbocycles. The summed E-state index contributed by atoms with van der Waals surface area (Å²) in [6, 6.07) is 10.8. The number of ether oxygens (including phenoxy) is 5. The minimum atomic E-state index is -1.36. The number of hydrazine groups is 1. The lowest BCUT2D eigenvalue weighted by Crippen LogP contribution is -2.61. The fourth-order valence-electron chi connectivity index (χ4n) is 9.48. The lowest BCUT2D eigenvalue weighted by molar-refractivity contribution is -0.301. The minimum absolute atomic E-state index is 0.225. The van der Waals surface area contributed by atoms with E-state index in [1.807, 2.05) is 102 Å². The van der Waals surface area contributed by atoms with Gasteiger partial charge in [0, 0.05) is 42.8 Å². The summed E-state index contributed by atoms with van der Waals surface area (Å²) in [5, 5.41) is 30.6. The number of esters is 1. The number of carbonyl (C=O) groups is 2. The number of aliphatic hydroxyl groups excluding tert-OH is 2. The molecular weight excluding hydrogens is 759 g/mol. The molecular formula is C44H67N5O10. The number of nitrogens with one attached hydrogen (secondary N) is 1. The highest BCUT2D eigenvalue weighted by Crippen LogP contribution is 2.43. The smallest absolute Gasteiger partial charge is 0.425 e. The number of oxime groups is 1. The highest BCUT2D eigenvalue weighted by atomic mass is 16.7. The van der Waals surface area contributed by atoms with Crippen LogP contribution in [0.4, 0.5) is 4.79 Å². The Hall–Kier alpha value is -3.70. The molecule has 4 heterocycles. The van der Waals surface area contributed by atoms with E-state index in [0.717, 1.165) is 16.6 Å². The second-order valence-corrected chi connectivity index (χ2v) is 17.3. The summed E-state index contributed by atoms with van der Waals surface area (Å²) in [7, 11) is 6.84. The maximum absolute atomic E-state index is 14.1. The number of pyridine rings is 1. The SMILES string of the molecule is CC[C@H]1OC(=O)[C@H](C)[C@@H](O)[C@H](C)[C@@H](O[C@@H]2O[C@H](C)C[C@H](N(C)C)[C@H]2O)[C@@](C)(OC)C[C@@H](C)/C(=N\OC)[C@H](C)C2N(NC/C=C/c3ccc4ccccc4n3)C(=O)O[C@@]21C. The summed E-state index contributed by atoms with van der Waals surface area (Å²) in [4.78, 5) is 40.3. The first-order chi connectivity index (χ1) is 27.9. The Morgan fingerprint density at radius 2 is 1.75 bits per heavy atom. The van der Waals surface area contributed by atoms with E-state index in [4.69, 9.17) is 33.5 Å². The Balaban J connectivity index is 1.53. The first kappa shape index (κ1) is 46.4. The van der Waals surface area contributed by atoms with Crippen LogP contribution in [0.5, 0.6) is 0 Å². The standard InChI is InChI=1S/C44H67N5O10/c1-13-34-44(8)38(49(42(53)59-44)45-22-16-18-31-21-20-30-17-14-15-19-32(30)46-31)27(4)35(47-55-12)25(2)24-43(7,54-11)39(28(5)36(50)29(6)40(52)57-34)58-41-37(51)33(48(9)10)23-26(3)56-41/h14-21,25-29,33-34,36-39,41,45,50-51H,13,22-24H2,1-12H3/b18-16+,47-35+/t25-,26-,27+,28+,29-,33+,34-,36+,37-,38?,39-,41+,43+,44-/m1/s1. The Bertz CT molecular complexity index is 1810. The van der Waals surface area contributed by atoms with Gasteiger partial charge in [0.05, 0.1) is 46.8 Å². The molecule has 0 spiro atoms. The van der Waals surface area contributed by atoms with E-state index < -0.39 is 77.8 Å². The molecule has 0 radical (unpaired) electrons. The zero-order valence-corrected chi connectivity index (χ0v) is 36.8. The van der Waals surface area contributed by atoms with Gasteiger partial charge in [-0.3, -0.25) is 4.79 Å². The van der Waals surface area contributed by atoms with Gasteiger partial charge in [0.15, 0.2) is 11.9 Å². The molecule has 3 aliphatic rings. The number of para-hydroxylation sites is 1. The fraction of sp³-hybridized carbons (Fsp3) is 0.682. The number of benzene rings is 1. The van der Waals surface area contributed by atoms with Crippen LogP contribution in [-0.4, -0.2) is 138 Å². The highest BCUT2D eigenvalue weighted by Gasteiger charge is 2.60. The summed E-state index contributed by atoms with van der Waals surface area (Å²) in [5.74, 6) is -3.31. The molecule has 3 fully saturated rings. The second-order valence-electron chi connectivity index (χ2n) is 17.3. The predicted octanol–water partition coefficient (Wildman–Crippen LogP) is 5.18. The zero-order chi connectivity index (χ0) is 43.4. The van der Waals surface area contributed by atoms with Gasteiger partial charge in [-0.2, -0.15) is 0 Å². The van der Waals surface area contributed by atoms with Crippen LogP contribution in [0.2, 0.25) is 0 Å². The van der Waals surface area contributed by atoms with Crippen molar-refractivity contribution in [2.45, 2.75) is 135 Å². The first-order valence-corrected chi connectivity index (χ1v) is 20.9. The van der Waals surface area contributed by atoms with Gasteiger partial charge in [-0.05, 0) is 79.3 Å². The van der Waals surface area contributed by atoms with Crippen molar-refractivity contribution in [3.8, 4) is 0 Å². The molecule has 15 heteroatoms. The molecule has 5 rings (SSSR count). The van der Waals surface area contributed by atoms with E-state index in [9.17, 15) is 19.8 Å². The van der Waals surface area contributed by atoms with E-state index in [1.165, 1.54) is 12.1 Å². The third-order valence-electron chi connectivity index (χ3n) is 12.8. The number of nitrogens with zero attached hydrogens (tertiary/aromatic N) is 4. The maximum Gasteiger partial charge on any atom is 0.425 e. The minimum Gasteiger partial charge on any atom is -0.458 e. The molecule has 1 aromatic heterocycles. The molecule has 1 amide bonds. The third kappa shape index (κ3) is 9.77. The number of methoxy groups -OCH3 is 1.